The molecule has 2 amide bonds. The highest BCUT2D eigenvalue weighted by atomic mass is 16.4. The third-order valence-electron chi connectivity index (χ3n) is 7.22. The SMILES string of the molecule is CC(C)(C)c1ccc(C(=O)NCc2ccc(-c3nn([C@@H]4CCCN(C(=O)O)C4)c4ncnc(N)c34)cc2)cc1. The van der Waals surface area contributed by atoms with Crippen LogP contribution in [-0.2, 0) is 12.0 Å². The van der Waals surface area contributed by atoms with Crippen LogP contribution in [0.4, 0.5) is 10.6 Å². The number of likely N-dealkylation sites (tertiary alicyclic amines) is 1. The van der Waals surface area contributed by atoms with Crippen molar-refractivity contribution in [3.63, 3.8) is 0 Å². The zero-order valence-electron chi connectivity index (χ0n) is 22.4. The van der Waals surface area contributed by atoms with Gasteiger partial charge in [-0.25, -0.2) is 19.4 Å². The highest BCUT2D eigenvalue weighted by molar-refractivity contribution is 5.98. The van der Waals surface area contributed by atoms with E-state index in [1.807, 2.05) is 48.5 Å². The number of anilines is 1. The molecule has 10 nitrogen and oxygen atoms in total. The van der Waals surface area contributed by atoms with Gasteiger partial charge in [0.1, 0.15) is 17.8 Å². The van der Waals surface area contributed by atoms with Crippen molar-refractivity contribution in [1.29, 1.82) is 0 Å². The summed E-state index contributed by atoms with van der Waals surface area (Å²) in [6.07, 6.45) is 2.01. The molecule has 10 heteroatoms. The van der Waals surface area contributed by atoms with E-state index in [0.29, 0.717) is 47.7 Å². The van der Waals surface area contributed by atoms with Crippen LogP contribution in [-0.4, -0.2) is 54.8 Å². The van der Waals surface area contributed by atoms with Gasteiger partial charge in [0, 0.05) is 30.8 Å². The molecule has 0 spiro atoms. The van der Waals surface area contributed by atoms with Crippen LogP contribution in [0.25, 0.3) is 22.3 Å². The summed E-state index contributed by atoms with van der Waals surface area (Å²) >= 11 is 0. The zero-order valence-corrected chi connectivity index (χ0v) is 22.4. The lowest BCUT2D eigenvalue weighted by Crippen LogP contribution is -2.40. The predicted molar refractivity (Wildman–Crippen MR) is 149 cm³/mol. The number of nitrogens with zero attached hydrogens (tertiary/aromatic N) is 5. The molecule has 1 aliphatic heterocycles. The van der Waals surface area contributed by atoms with Crippen LogP contribution in [0.15, 0.2) is 54.9 Å². The molecule has 0 radical (unpaired) electrons. The van der Waals surface area contributed by atoms with E-state index in [1.54, 1.807) is 4.68 Å². The van der Waals surface area contributed by atoms with Gasteiger partial charge in [0.15, 0.2) is 5.65 Å². The Hall–Kier alpha value is -4.47. The number of carbonyl (C=O) groups excluding carboxylic acids is 1. The summed E-state index contributed by atoms with van der Waals surface area (Å²) in [5.74, 6) is 0.193. The van der Waals surface area contributed by atoms with Crippen LogP contribution < -0.4 is 11.1 Å². The molecule has 4 aromatic rings. The van der Waals surface area contributed by atoms with Gasteiger partial charge < -0.3 is 21.1 Å². The summed E-state index contributed by atoms with van der Waals surface area (Å²) in [5.41, 5.74) is 11.1. The summed E-state index contributed by atoms with van der Waals surface area (Å²) in [7, 11) is 0. The first-order valence-electron chi connectivity index (χ1n) is 13.1. The number of nitrogen functional groups attached to an aromatic ring is 1. The molecule has 1 fully saturated rings. The Labute approximate surface area is 226 Å². The van der Waals surface area contributed by atoms with Crippen molar-refractivity contribution < 1.29 is 14.7 Å². The number of fused-ring (bicyclic) bond motifs is 1. The van der Waals surface area contributed by atoms with Crippen LogP contribution in [0.2, 0.25) is 0 Å². The molecule has 0 aliphatic carbocycles. The lowest BCUT2D eigenvalue weighted by Gasteiger charge is -2.30. The van der Waals surface area contributed by atoms with Crippen molar-refractivity contribution in [1.82, 2.24) is 30.0 Å². The third-order valence-corrected chi connectivity index (χ3v) is 7.22. The van der Waals surface area contributed by atoms with Crippen molar-refractivity contribution in [2.75, 3.05) is 18.8 Å². The van der Waals surface area contributed by atoms with E-state index in [-0.39, 0.29) is 17.4 Å². The number of hydrogen-bond acceptors (Lipinski definition) is 6. The Bertz CT molecular complexity index is 1510. The van der Waals surface area contributed by atoms with Gasteiger partial charge >= 0.3 is 6.09 Å². The Balaban J connectivity index is 1.34. The van der Waals surface area contributed by atoms with Crippen LogP contribution in [0.5, 0.6) is 0 Å². The van der Waals surface area contributed by atoms with Gasteiger partial charge in [-0.2, -0.15) is 5.10 Å². The fourth-order valence-electron chi connectivity index (χ4n) is 4.97. The molecule has 0 saturated carbocycles. The number of nitrogens with two attached hydrogens (primary N) is 1. The summed E-state index contributed by atoms with van der Waals surface area (Å²) in [6.45, 7) is 7.66. The van der Waals surface area contributed by atoms with Crippen LogP contribution >= 0.6 is 0 Å². The maximum atomic E-state index is 12.7. The summed E-state index contributed by atoms with van der Waals surface area (Å²) in [4.78, 5) is 34.3. The average Bonchev–Trinajstić information content (AvgIpc) is 3.33. The van der Waals surface area contributed by atoms with E-state index in [2.05, 4.69) is 36.1 Å². The second-order valence-corrected chi connectivity index (χ2v) is 11.0. The molecule has 2 aromatic heterocycles. The first-order valence-corrected chi connectivity index (χ1v) is 13.1. The molecule has 2 aromatic carbocycles. The largest absolute Gasteiger partial charge is 0.465 e. The molecule has 39 heavy (non-hydrogen) atoms. The highest BCUT2D eigenvalue weighted by Crippen LogP contribution is 2.34. The molecule has 202 valence electrons. The number of carboxylic acid groups (broad SMARTS) is 1. The summed E-state index contributed by atoms with van der Waals surface area (Å²) in [5, 5.41) is 18.0. The fraction of sp³-hybridized carbons (Fsp3) is 0.345. The third kappa shape index (κ3) is 5.41. The molecule has 0 unspecified atom stereocenters. The van der Waals surface area contributed by atoms with E-state index in [0.717, 1.165) is 24.0 Å². The molecule has 1 atom stereocenters. The van der Waals surface area contributed by atoms with Gasteiger partial charge in [0.2, 0.25) is 0 Å². The normalized spacial score (nSPS) is 15.9. The van der Waals surface area contributed by atoms with Crippen LogP contribution in [0.3, 0.4) is 0 Å². The molecule has 1 saturated heterocycles. The van der Waals surface area contributed by atoms with E-state index in [9.17, 15) is 14.7 Å². The van der Waals surface area contributed by atoms with E-state index in [1.165, 1.54) is 16.8 Å². The number of benzene rings is 2. The van der Waals surface area contributed by atoms with Gasteiger partial charge in [-0.3, -0.25) is 4.79 Å². The number of carbonyl (C=O) groups is 2. The molecule has 4 N–H and O–H groups in total. The number of rotatable bonds is 5. The highest BCUT2D eigenvalue weighted by Gasteiger charge is 2.28. The van der Waals surface area contributed by atoms with E-state index < -0.39 is 6.09 Å². The van der Waals surface area contributed by atoms with Crippen LogP contribution in [0.1, 0.15) is 61.1 Å². The average molecular weight is 528 g/mol. The molecule has 0 bridgehead atoms. The predicted octanol–water partition coefficient (Wildman–Crippen LogP) is 4.62. The number of hydrogen-bond donors (Lipinski definition) is 3. The van der Waals surface area contributed by atoms with Gasteiger partial charge in [-0.05, 0) is 41.5 Å². The van der Waals surface area contributed by atoms with Crippen LogP contribution in [0, 0.1) is 0 Å². The monoisotopic (exact) mass is 527 g/mol. The first kappa shape index (κ1) is 26.1. The number of amides is 2. The van der Waals surface area contributed by atoms with Crippen molar-refractivity contribution >= 4 is 28.9 Å². The number of piperidine rings is 1. The fourth-order valence-corrected chi connectivity index (χ4v) is 4.97. The van der Waals surface area contributed by atoms with Crippen molar-refractivity contribution in [3.8, 4) is 11.3 Å². The second-order valence-electron chi connectivity index (χ2n) is 11.0. The first-order chi connectivity index (χ1) is 18.6. The van der Waals surface area contributed by atoms with Gasteiger partial charge in [0.25, 0.3) is 5.91 Å². The molecular formula is C29H33N7O3. The number of aromatic nitrogens is 4. The summed E-state index contributed by atoms with van der Waals surface area (Å²) in [6, 6.07) is 15.3. The van der Waals surface area contributed by atoms with Crippen molar-refractivity contribution in [3.05, 3.63) is 71.5 Å². The minimum atomic E-state index is -0.935. The number of nitrogens with one attached hydrogen (secondary N) is 1. The maximum Gasteiger partial charge on any atom is 0.407 e. The minimum Gasteiger partial charge on any atom is -0.465 e. The summed E-state index contributed by atoms with van der Waals surface area (Å²) < 4.78 is 1.79. The lowest BCUT2D eigenvalue weighted by atomic mass is 9.87. The van der Waals surface area contributed by atoms with Gasteiger partial charge in [-0.1, -0.05) is 57.2 Å². The van der Waals surface area contributed by atoms with E-state index in [4.69, 9.17) is 10.8 Å². The molecule has 1 aliphatic rings. The molecule has 3 heterocycles. The second kappa shape index (κ2) is 10.4. The van der Waals surface area contributed by atoms with Crippen molar-refractivity contribution in [2.45, 2.75) is 51.6 Å². The van der Waals surface area contributed by atoms with Gasteiger partial charge in [-0.15, -0.1) is 0 Å². The Kier molecular flexibility index (Phi) is 6.94. The quantitative estimate of drug-likeness (QED) is 0.344. The Morgan fingerprint density at radius 1 is 1.08 bits per heavy atom. The van der Waals surface area contributed by atoms with Gasteiger partial charge in [0.05, 0.1) is 11.4 Å². The maximum absolute atomic E-state index is 12.7. The Morgan fingerprint density at radius 3 is 2.46 bits per heavy atom. The minimum absolute atomic E-state index is 0.0317. The Morgan fingerprint density at radius 2 is 1.79 bits per heavy atom. The van der Waals surface area contributed by atoms with Crippen molar-refractivity contribution in [2.24, 2.45) is 0 Å². The van der Waals surface area contributed by atoms with E-state index >= 15 is 0 Å². The zero-order chi connectivity index (χ0) is 27.7. The molecule has 5 rings (SSSR count). The molecular weight excluding hydrogens is 494 g/mol. The standard InChI is InChI=1S/C29H33N7O3/c1-29(2,3)21-12-10-20(11-13-21)27(37)31-15-18-6-8-19(9-7-18)24-23-25(30)32-17-33-26(23)36(34-24)22-5-4-14-35(16-22)28(38)39/h6-13,17,22H,4-5,14-16H2,1-3H3,(H,31,37)(H,38,39)(H2,30,32,33)/t22-/m1/s1. The lowest BCUT2D eigenvalue weighted by molar-refractivity contribution is 0.0950. The smallest absolute Gasteiger partial charge is 0.407 e. The topological polar surface area (TPSA) is 139 Å².